The highest BCUT2D eigenvalue weighted by molar-refractivity contribution is 5.26. The van der Waals surface area contributed by atoms with Gasteiger partial charge < -0.3 is 0 Å². The van der Waals surface area contributed by atoms with Gasteiger partial charge in [0, 0.05) is 0 Å². The van der Waals surface area contributed by atoms with E-state index in [1.54, 1.807) is 0 Å². The van der Waals surface area contributed by atoms with Crippen molar-refractivity contribution in [1.29, 1.82) is 0 Å². The molecule has 13 heavy (non-hydrogen) atoms. The first kappa shape index (κ1) is 10.0. The molecule has 0 aromatic heterocycles. The van der Waals surface area contributed by atoms with Crippen molar-refractivity contribution in [3.8, 4) is 0 Å². The Morgan fingerprint density at radius 1 is 1.38 bits per heavy atom. The summed E-state index contributed by atoms with van der Waals surface area (Å²) in [4.78, 5) is 0. The van der Waals surface area contributed by atoms with Gasteiger partial charge >= 0.3 is 0 Å². The molecule has 0 heterocycles. The normalized spacial score (nSPS) is 12.5. The van der Waals surface area contributed by atoms with Crippen molar-refractivity contribution in [2.75, 3.05) is 0 Å². The third-order valence-electron chi connectivity index (χ3n) is 2.60. The first-order valence-electron chi connectivity index (χ1n) is 4.95. The maximum atomic E-state index is 3.86. The maximum absolute atomic E-state index is 3.86. The van der Waals surface area contributed by atoms with Crippen molar-refractivity contribution in [2.45, 2.75) is 26.7 Å². The fourth-order valence-corrected chi connectivity index (χ4v) is 1.52. The van der Waals surface area contributed by atoms with E-state index in [2.05, 4.69) is 50.8 Å². The molecule has 1 aromatic rings. The fraction of sp³-hybridized carbons (Fsp3) is 0.385. The van der Waals surface area contributed by atoms with Crippen LogP contribution in [0.15, 0.2) is 36.9 Å². The van der Waals surface area contributed by atoms with Gasteiger partial charge in [-0.1, -0.05) is 37.3 Å². The van der Waals surface area contributed by atoms with Crippen LogP contribution < -0.4 is 0 Å². The van der Waals surface area contributed by atoms with Gasteiger partial charge in [0.25, 0.3) is 0 Å². The standard InChI is InChI=1S/C13H18/c1-4-12(5-2)10-13-9-7-6-8-11(13)3/h4,6-9,12H,1,5,10H2,2-3H3. The molecule has 70 valence electrons. The van der Waals surface area contributed by atoms with Crippen molar-refractivity contribution >= 4 is 0 Å². The summed E-state index contributed by atoms with van der Waals surface area (Å²) in [5, 5.41) is 0. The molecule has 0 aliphatic carbocycles. The Bertz CT molecular complexity index is 273. The number of aryl methyl sites for hydroxylation is 1. The third-order valence-corrected chi connectivity index (χ3v) is 2.60. The quantitative estimate of drug-likeness (QED) is 0.610. The number of rotatable bonds is 4. The minimum Gasteiger partial charge on any atom is -0.103 e. The minimum absolute atomic E-state index is 0.626. The second-order valence-corrected chi connectivity index (χ2v) is 3.53. The van der Waals surface area contributed by atoms with Gasteiger partial charge in [-0.2, -0.15) is 0 Å². The Kier molecular flexibility index (Phi) is 3.75. The zero-order chi connectivity index (χ0) is 9.68. The number of hydrogen-bond donors (Lipinski definition) is 0. The lowest BCUT2D eigenvalue weighted by atomic mass is 9.94. The molecule has 0 nitrogen and oxygen atoms in total. The molecule has 0 saturated heterocycles. The Balaban J connectivity index is 2.73. The molecule has 0 aliphatic heterocycles. The average Bonchev–Trinajstić information content (AvgIpc) is 2.17. The van der Waals surface area contributed by atoms with Crippen molar-refractivity contribution < 1.29 is 0 Å². The summed E-state index contributed by atoms with van der Waals surface area (Å²) in [5.74, 6) is 0.626. The molecule has 0 bridgehead atoms. The summed E-state index contributed by atoms with van der Waals surface area (Å²) in [5.41, 5.74) is 2.84. The van der Waals surface area contributed by atoms with Crippen LogP contribution in [0.1, 0.15) is 24.5 Å². The molecule has 1 atom stereocenters. The second kappa shape index (κ2) is 4.86. The summed E-state index contributed by atoms with van der Waals surface area (Å²) >= 11 is 0. The molecule has 0 heteroatoms. The number of hydrogen-bond acceptors (Lipinski definition) is 0. The molecule has 1 aromatic carbocycles. The van der Waals surface area contributed by atoms with E-state index in [9.17, 15) is 0 Å². The van der Waals surface area contributed by atoms with Gasteiger partial charge in [0.05, 0.1) is 0 Å². The Hall–Kier alpha value is -1.04. The van der Waals surface area contributed by atoms with Crippen LogP contribution in [0.3, 0.4) is 0 Å². The van der Waals surface area contributed by atoms with E-state index < -0.39 is 0 Å². The lowest BCUT2D eigenvalue weighted by Crippen LogP contribution is -2.00. The van der Waals surface area contributed by atoms with Crippen LogP contribution in [0.4, 0.5) is 0 Å². The lowest BCUT2D eigenvalue weighted by molar-refractivity contribution is 0.624. The highest BCUT2D eigenvalue weighted by Gasteiger charge is 2.04. The van der Waals surface area contributed by atoms with E-state index in [-0.39, 0.29) is 0 Å². The Morgan fingerprint density at radius 3 is 2.62 bits per heavy atom. The zero-order valence-electron chi connectivity index (χ0n) is 8.59. The topological polar surface area (TPSA) is 0 Å². The molecule has 0 saturated carbocycles. The summed E-state index contributed by atoms with van der Waals surface area (Å²) in [6, 6.07) is 8.58. The van der Waals surface area contributed by atoms with Gasteiger partial charge in [0.2, 0.25) is 0 Å². The molecular formula is C13H18. The van der Waals surface area contributed by atoms with Crippen LogP contribution in [0.25, 0.3) is 0 Å². The third kappa shape index (κ3) is 2.73. The first-order valence-corrected chi connectivity index (χ1v) is 4.95. The molecular weight excluding hydrogens is 156 g/mol. The molecule has 0 fully saturated rings. The van der Waals surface area contributed by atoms with Gasteiger partial charge in [-0.25, -0.2) is 0 Å². The predicted octanol–water partition coefficient (Wildman–Crippen LogP) is 3.75. The van der Waals surface area contributed by atoms with Crippen molar-refractivity contribution in [3.63, 3.8) is 0 Å². The van der Waals surface area contributed by atoms with Crippen LogP contribution in [0.2, 0.25) is 0 Å². The molecule has 0 radical (unpaired) electrons. The predicted molar refractivity (Wildman–Crippen MR) is 58.9 cm³/mol. The van der Waals surface area contributed by atoms with E-state index in [1.165, 1.54) is 17.5 Å². The van der Waals surface area contributed by atoms with Crippen molar-refractivity contribution in [2.24, 2.45) is 5.92 Å². The van der Waals surface area contributed by atoms with Gasteiger partial charge in [0.1, 0.15) is 0 Å². The maximum Gasteiger partial charge on any atom is -0.0198 e. The van der Waals surface area contributed by atoms with E-state index in [0.717, 1.165) is 6.42 Å². The summed E-state index contributed by atoms with van der Waals surface area (Å²) in [7, 11) is 0. The molecule has 1 rings (SSSR count). The van der Waals surface area contributed by atoms with E-state index in [4.69, 9.17) is 0 Å². The zero-order valence-corrected chi connectivity index (χ0v) is 8.59. The van der Waals surface area contributed by atoms with Crippen LogP contribution in [0, 0.1) is 12.8 Å². The monoisotopic (exact) mass is 174 g/mol. The SMILES string of the molecule is C=CC(CC)Cc1ccccc1C. The van der Waals surface area contributed by atoms with E-state index in [1.807, 2.05) is 0 Å². The average molecular weight is 174 g/mol. The van der Waals surface area contributed by atoms with Gasteiger partial charge in [-0.05, 0) is 36.8 Å². The van der Waals surface area contributed by atoms with Gasteiger partial charge in [-0.3, -0.25) is 0 Å². The lowest BCUT2D eigenvalue weighted by Gasteiger charge is -2.11. The van der Waals surface area contributed by atoms with Gasteiger partial charge in [0.15, 0.2) is 0 Å². The summed E-state index contributed by atoms with van der Waals surface area (Å²) in [6.45, 7) is 8.24. The highest BCUT2D eigenvalue weighted by atomic mass is 14.1. The highest BCUT2D eigenvalue weighted by Crippen LogP contribution is 2.15. The molecule has 0 aliphatic rings. The summed E-state index contributed by atoms with van der Waals surface area (Å²) < 4.78 is 0. The second-order valence-electron chi connectivity index (χ2n) is 3.53. The molecule has 1 unspecified atom stereocenters. The van der Waals surface area contributed by atoms with Crippen LogP contribution in [-0.2, 0) is 6.42 Å². The fourth-order valence-electron chi connectivity index (χ4n) is 1.52. The van der Waals surface area contributed by atoms with Crippen molar-refractivity contribution in [3.05, 3.63) is 48.0 Å². The van der Waals surface area contributed by atoms with Crippen LogP contribution >= 0.6 is 0 Å². The largest absolute Gasteiger partial charge is 0.103 e. The summed E-state index contributed by atoms with van der Waals surface area (Å²) in [6.07, 6.45) is 4.37. The Labute approximate surface area is 81.3 Å². The van der Waals surface area contributed by atoms with Crippen LogP contribution in [-0.4, -0.2) is 0 Å². The van der Waals surface area contributed by atoms with Crippen LogP contribution in [0.5, 0.6) is 0 Å². The Morgan fingerprint density at radius 2 is 2.08 bits per heavy atom. The van der Waals surface area contributed by atoms with E-state index >= 15 is 0 Å². The molecule has 0 spiro atoms. The minimum atomic E-state index is 0.626. The van der Waals surface area contributed by atoms with E-state index in [0.29, 0.717) is 5.92 Å². The smallest absolute Gasteiger partial charge is 0.0198 e. The first-order chi connectivity index (χ1) is 6.27. The molecule has 0 N–H and O–H groups in total. The number of benzene rings is 1. The number of allylic oxidation sites excluding steroid dienone is 1. The van der Waals surface area contributed by atoms with Crippen molar-refractivity contribution in [1.82, 2.24) is 0 Å². The van der Waals surface area contributed by atoms with Gasteiger partial charge in [-0.15, -0.1) is 6.58 Å². The molecule has 0 amide bonds.